The molecule has 1 saturated heterocycles. The number of fused-ring (bicyclic) bond motifs is 1. The lowest BCUT2D eigenvalue weighted by molar-refractivity contribution is 0.0148. The van der Waals surface area contributed by atoms with Crippen LogP contribution in [-0.4, -0.2) is 70.9 Å². The number of anilines is 1. The number of aromatic nitrogens is 1. The maximum Gasteiger partial charge on any atom is 0.410 e. The Bertz CT molecular complexity index is 1530. The molecule has 9 nitrogen and oxygen atoms in total. The number of nitrogens with one attached hydrogen (secondary N) is 1. The Morgan fingerprint density at radius 3 is 2.33 bits per heavy atom. The number of hydrogen-bond acceptors (Lipinski definition) is 8. The van der Waals surface area contributed by atoms with Crippen LogP contribution in [0.25, 0.3) is 33.6 Å². The number of phenolic OH excluding ortho intramolecular Hbond substituents is 1. The van der Waals surface area contributed by atoms with E-state index in [2.05, 4.69) is 21.3 Å². The molecule has 220 valence electrons. The van der Waals surface area contributed by atoms with Crippen LogP contribution in [0, 0.1) is 11.3 Å². The molecule has 4 aromatic rings. The first-order valence-corrected chi connectivity index (χ1v) is 14.4. The fourth-order valence-electron chi connectivity index (χ4n) is 4.85. The van der Waals surface area contributed by atoms with Gasteiger partial charge < -0.3 is 24.5 Å². The van der Waals surface area contributed by atoms with Crippen molar-refractivity contribution in [3.8, 4) is 34.3 Å². The van der Waals surface area contributed by atoms with Crippen LogP contribution in [0.2, 0.25) is 0 Å². The molecule has 0 bridgehead atoms. The molecule has 2 N–H and O–H groups in total. The van der Waals surface area contributed by atoms with Crippen LogP contribution in [-0.2, 0) is 4.74 Å². The van der Waals surface area contributed by atoms with E-state index in [1.54, 1.807) is 29.2 Å². The van der Waals surface area contributed by atoms with E-state index < -0.39 is 5.60 Å². The summed E-state index contributed by atoms with van der Waals surface area (Å²) in [4.78, 5) is 20.9. The van der Waals surface area contributed by atoms with Crippen molar-refractivity contribution < 1.29 is 19.1 Å². The predicted octanol–water partition coefficient (Wildman–Crippen LogP) is 6.73. The SMILES string of the molecule is CC.CC(C)(C)OC(=O)N1CCN(CCNc2c(C#N)cnc3oc(-c4ccc(O)cc4)c(-c4ccccc4)c23)CC1. The topological polar surface area (TPSA) is 115 Å². The van der Waals surface area contributed by atoms with Crippen LogP contribution in [0.1, 0.15) is 40.2 Å². The molecule has 3 heterocycles. The van der Waals surface area contributed by atoms with Crippen molar-refractivity contribution in [2.75, 3.05) is 44.6 Å². The molecule has 1 aliphatic heterocycles. The second-order valence-electron chi connectivity index (χ2n) is 10.8. The number of benzene rings is 2. The molecule has 1 amide bonds. The zero-order valence-electron chi connectivity index (χ0n) is 25.0. The summed E-state index contributed by atoms with van der Waals surface area (Å²) in [5.74, 6) is 0.783. The first kappa shape index (κ1) is 30.4. The van der Waals surface area contributed by atoms with Crippen molar-refractivity contribution in [2.24, 2.45) is 0 Å². The summed E-state index contributed by atoms with van der Waals surface area (Å²) in [6, 6.07) is 19.0. The van der Waals surface area contributed by atoms with Gasteiger partial charge in [-0.2, -0.15) is 5.26 Å². The Balaban J connectivity index is 0.00000198. The van der Waals surface area contributed by atoms with Crippen molar-refractivity contribution in [2.45, 2.75) is 40.2 Å². The lowest BCUT2D eigenvalue weighted by Gasteiger charge is -2.35. The molecule has 0 atom stereocenters. The number of phenols is 1. The summed E-state index contributed by atoms with van der Waals surface area (Å²) in [7, 11) is 0. The number of nitriles is 1. The third-order valence-corrected chi connectivity index (χ3v) is 6.79. The number of aromatic hydroxyl groups is 1. The molecule has 2 aromatic carbocycles. The number of carbonyl (C=O) groups excluding carboxylic acids is 1. The van der Waals surface area contributed by atoms with Gasteiger partial charge in [0.1, 0.15) is 23.2 Å². The average Bonchev–Trinajstić information content (AvgIpc) is 3.38. The number of piperazine rings is 1. The van der Waals surface area contributed by atoms with Gasteiger partial charge in [-0.1, -0.05) is 44.2 Å². The van der Waals surface area contributed by atoms with E-state index in [0.29, 0.717) is 42.4 Å². The molecule has 5 rings (SSSR count). The minimum Gasteiger partial charge on any atom is -0.508 e. The number of furan rings is 1. The Kier molecular flexibility index (Phi) is 9.71. The number of hydrogen-bond donors (Lipinski definition) is 2. The van der Waals surface area contributed by atoms with E-state index in [-0.39, 0.29) is 11.8 Å². The van der Waals surface area contributed by atoms with Crippen molar-refractivity contribution in [3.63, 3.8) is 0 Å². The lowest BCUT2D eigenvalue weighted by atomic mass is 9.97. The van der Waals surface area contributed by atoms with Crippen molar-refractivity contribution in [1.29, 1.82) is 5.26 Å². The molecule has 0 aliphatic carbocycles. The summed E-state index contributed by atoms with van der Waals surface area (Å²) < 4.78 is 11.8. The number of ether oxygens (including phenoxy) is 1. The lowest BCUT2D eigenvalue weighted by Crippen LogP contribution is -2.50. The molecule has 1 fully saturated rings. The number of carbonyl (C=O) groups is 1. The third kappa shape index (κ3) is 7.01. The van der Waals surface area contributed by atoms with E-state index in [0.717, 1.165) is 41.7 Å². The molecule has 0 spiro atoms. The van der Waals surface area contributed by atoms with Gasteiger partial charge in [0.2, 0.25) is 5.71 Å². The third-order valence-electron chi connectivity index (χ3n) is 6.79. The monoisotopic (exact) mass is 569 g/mol. The van der Waals surface area contributed by atoms with Crippen LogP contribution >= 0.6 is 0 Å². The Labute approximate surface area is 247 Å². The van der Waals surface area contributed by atoms with Crippen LogP contribution in [0.5, 0.6) is 5.75 Å². The Hall–Kier alpha value is -4.55. The maximum absolute atomic E-state index is 12.4. The summed E-state index contributed by atoms with van der Waals surface area (Å²) in [6.45, 7) is 13.6. The van der Waals surface area contributed by atoms with Gasteiger partial charge in [-0.3, -0.25) is 4.90 Å². The first-order chi connectivity index (χ1) is 20.2. The molecule has 2 aromatic heterocycles. The largest absolute Gasteiger partial charge is 0.508 e. The highest BCUT2D eigenvalue weighted by atomic mass is 16.6. The van der Waals surface area contributed by atoms with E-state index >= 15 is 0 Å². The highest BCUT2D eigenvalue weighted by Gasteiger charge is 2.26. The maximum atomic E-state index is 12.4. The van der Waals surface area contributed by atoms with Crippen molar-refractivity contribution in [3.05, 3.63) is 66.4 Å². The molecule has 0 radical (unpaired) electrons. The average molecular weight is 570 g/mol. The van der Waals surface area contributed by atoms with E-state index in [9.17, 15) is 15.2 Å². The molecule has 9 heteroatoms. The highest BCUT2D eigenvalue weighted by molar-refractivity contribution is 6.08. The number of rotatable bonds is 6. The van der Waals surface area contributed by atoms with E-state index in [4.69, 9.17) is 9.15 Å². The number of nitrogens with zero attached hydrogens (tertiary/aromatic N) is 4. The van der Waals surface area contributed by atoms with Gasteiger partial charge in [0, 0.05) is 50.4 Å². The molecular weight excluding hydrogens is 530 g/mol. The van der Waals surface area contributed by atoms with Crippen LogP contribution < -0.4 is 5.32 Å². The summed E-state index contributed by atoms with van der Waals surface area (Å²) >= 11 is 0. The minimum atomic E-state index is -0.514. The van der Waals surface area contributed by atoms with Gasteiger partial charge in [0.15, 0.2) is 0 Å². The van der Waals surface area contributed by atoms with Gasteiger partial charge in [0.05, 0.1) is 22.8 Å². The van der Waals surface area contributed by atoms with Gasteiger partial charge in [-0.25, -0.2) is 9.78 Å². The predicted molar refractivity (Wildman–Crippen MR) is 165 cm³/mol. The van der Waals surface area contributed by atoms with Crippen LogP contribution in [0.15, 0.2) is 65.2 Å². The molecule has 0 unspecified atom stereocenters. The zero-order chi connectivity index (χ0) is 30.3. The smallest absolute Gasteiger partial charge is 0.410 e. The van der Waals surface area contributed by atoms with Gasteiger partial charge in [-0.15, -0.1) is 0 Å². The molecule has 0 saturated carbocycles. The van der Waals surface area contributed by atoms with Gasteiger partial charge in [0.25, 0.3) is 0 Å². The molecule has 1 aliphatic rings. The summed E-state index contributed by atoms with van der Waals surface area (Å²) in [5.41, 5.74) is 3.57. The van der Waals surface area contributed by atoms with Crippen LogP contribution in [0.4, 0.5) is 10.5 Å². The number of pyridine rings is 1. The zero-order valence-corrected chi connectivity index (χ0v) is 25.0. The Morgan fingerprint density at radius 1 is 1.05 bits per heavy atom. The van der Waals surface area contributed by atoms with Crippen molar-refractivity contribution in [1.82, 2.24) is 14.8 Å². The number of amides is 1. The van der Waals surface area contributed by atoms with E-state index in [1.807, 2.05) is 65.0 Å². The summed E-state index contributed by atoms with van der Waals surface area (Å²) in [5, 5.41) is 24.0. The van der Waals surface area contributed by atoms with Gasteiger partial charge >= 0.3 is 6.09 Å². The van der Waals surface area contributed by atoms with Crippen LogP contribution in [0.3, 0.4) is 0 Å². The first-order valence-electron chi connectivity index (χ1n) is 14.4. The standard InChI is InChI=1S/C31H33N5O4.C2H6/c1-31(2,3)40-30(38)36-17-15-35(16-18-36)14-13-33-27-23(19-32)20-34-29-26(27)25(21-7-5-4-6-8-21)28(39-29)22-9-11-24(37)12-10-22;1-2/h4-12,20,37H,13-18H2,1-3H3,(H,33,34);1-2H3. The fourth-order valence-corrected chi connectivity index (χ4v) is 4.85. The fraction of sp³-hybridized carbons (Fsp3) is 0.364. The second kappa shape index (κ2) is 13.4. The minimum absolute atomic E-state index is 0.167. The highest BCUT2D eigenvalue weighted by Crippen LogP contribution is 2.44. The summed E-state index contributed by atoms with van der Waals surface area (Å²) in [6.07, 6.45) is 1.25. The van der Waals surface area contributed by atoms with Crippen molar-refractivity contribution >= 4 is 22.9 Å². The van der Waals surface area contributed by atoms with E-state index in [1.165, 1.54) is 6.20 Å². The Morgan fingerprint density at radius 2 is 1.71 bits per heavy atom. The molecule has 42 heavy (non-hydrogen) atoms. The van der Waals surface area contributed by atoms with Gasteiger partial charge in [-0.05, 0) is 50.6 Å². The molecular formula is C33H39N5O4. The second-order valence-corrected chi connectivity index (χ2v) is 10.8. The normalized spacial score (nSPS) is 13.7. The quantitative estimate of drug-likeness (QED) is 0.263.